The first kappa shape index (κ1) is 17.7. The monoisotopic (exact) mass is 333 g/mol. The second-order valence-electron chi connectivity index (χ2n) is 5.36. The third kappa shape index (κ3) is 4.65. The lowest BCUT2D eigenvalue weighted by Crippen LogP contribution is -2.29. The van der Waals surface area contributed by atoms with Crippen molar-refractivity contribution in [2.24, 2.45) is 0 Å². The Kier molecular flexibility index (Phi) is 5.95. The van der Waals surface area contributed by atoms with Crippen LogP contribution in [-0.4, -0.2) is 43.5 Å². The molecule has 0 saturated heterocycles. The van der Waals surface area contributed by atoms with Crippen molar-refractivity contribution < 1.29 is 18.5 Å². The van der Waals surface area contributed by atoms with Crippen molar-refractivity contribution in [1.82, 2.24) is 4.31 Å². The van der Waals surface area contributed by atoms with Crippen LogP contribution in [0.3, 0.4) is 0 Å². The summed E-state index contributed by atoms with van der Waals surface area (Å²) in [6, 6.07) is 15.3. The van der Waals surface area contributed by atoms with Gasteiger partial charge in [-0.3, -0.25) is 0 Å². The van der Waals surface area contributed by atoms with Crippen molar-refractivity contribution in [2.75, 3.05) is 13.6 Å². The van der Waals surface area contributed by atoms with Crippen molar-refractivity contribution in [3.05, 3.63) is 60.2 Å². The fraction of sp³-hybridized carbons (Fsp3) is 0.250. The molecule has 0 atom stereocenters. The molecule has 0 spiro atoms. The molecule has 0 heterocycles. The summed E-state index contributed by atoms with van der Waals surface area (Å²) < 4.78 is 26.1. The van der Waals surface area contributed by atoms with E-state index in [1.165, 1.54) is 4.31 Å². The van der Waals surface area contributed by atoms with Crippen LogP contribution in [0.5, 0.6) is 0 Å². The van der Waals surface area contributed by atoms with Crippen LogP contribution >= 0.6 is 0 Å². The fourth-order valence-electron chi connectivity index (χ4n) is 2.25. The molecule has 0 fully saturated rings. The minimum atomic E-state index is -3.44. The number of nitrogens with zero attached hydrogens (tertiary/aromatic N) is 1. The fourth-order valence-corrected chi connectivity index (χ4v) is 3.49. The van der Waals surface area contributed by atoms with Crippen molar-refractivity contribution >= 4 is 22.6 Å². The molecule has 7 heteroatoms. The highest BCUT2D eigenvalue weighted by molar-refractivity contribution is 7.89. The number of aryl methyl sites for hydroxylation is 1. The lowest BCUT2D eigenvalue weighted by atomic mass is 9.80. The van der Waals surface area contributed by atoms with E-state index in [1.54, 1.807) is 49.5 Å². The molecule has 2 aromatic carbocycles. The van der Waals surface area contributed by atoms with Crippen LogP contribution in [0.2, 0.25) is 0 Å². The minimum Gasteiger partial charge on any atom is -0.423 e. The van der Waals surface area contributed by atoms with E-state index >= 15 is 0 Å². The normalized spacial score (nSPS) is 11.7. The van der Waals surface area contributed by atoms with Gasteiger partial charge in [0.05, 0.1) is 4.90 Å². The summed E-state index contributed by atoms with van der Waals surface area (Å²) in [4.78, 5) is 0.295. The standard InChI is InChI=1S/C16H20BNO4S/c1-18(23(21,22)16-7-3-2-4-8-16)13-5-6-14-9-11-15(12-10-14)17(19)20/h2-4,7-12,19-20H,5-6,13H2,1H3. The zero-order valence-corrected chi connectivity index (χ0v) is 13.8. The van der Waals surface area contributed by atoms with E-state index in [0.717, 1.165) is 12.0 Å². The predicted octanol–water partition coefficient (Wildman–Crippen LogP) is 0.620. The molecule has 0 aliphatic rings. The molecular formula is C16H20BNO4S. The highest BCUT2D eigenvalue weighted by atomic mass is 32.2. The van der Waals surface area contributed by atoms with Crippen LogP contribution in [0, 0.1) is 0 Å². The first-order valence-electron chi connectivity index (χ1n) is 7.37. The second kappa shape index (κ2) is 7.74. The summed E-state index contributed by atoms with van der Waals surface area (Å²) in [5.41, 5.74) is 1.47. The van der Waals surface area contributed by atoms with Crippen molar-refractivity contribution in [3.8, 4) is 0 Å². The quantitative estimate of drug-likeness (QED) is 0.728. The van der Waals surface area contributed by atoms with E-state index in [4.69, 9.17) is 10.0 Å². The molecule has 0 aliphatic heterocycles. The van der Waals surface area contributed by atoms with Crippen molar-refractivity contribution in [3.63, 3.8) is 0 Å². The number of benzene rings is 2. The second-order valence-corrected chi connectivity index (χ2v) is 7.40. The van der Waals surface area contributed by atoms with Crippen molar-refractivity contribution in [2.45, 2.75) is 17.7 Å². The van der Waals surface area contributed by atoms with E-state index < -0.39 is 17.1 Å². The number of hydrogen-bond donors (Lipinski definition) is 2. The van der Waals surface area contributed by atoms with Crippen LogP contribution in [0.15, 0.2) is 59.5 Å². The van der Waals surface area contributed by atoms with Gasteiger partial charge in [0.1, 0.15) is 0 Å². The van der Waals surface area contributed by atoms with Crippen LogP contribution in [0.4, 0.5) is 0 Å². The van der Waals surface area contributed by atoms with Gasteiger partial charge in [0.25, 0.3) is 0 Å². The molecule has 0 saturated carbocycles. The average molecular weight is 333 g/mol. The van der Waals surface area contributed by atoms with Gasteiger partial charge in [0.2, 0.25) is 10.0 Å². The highest BCUT2D eigenvalue weighted by Gasteiger charge is 2.19. The van der Waals surface area contributed by atoms with E-state index in [-0.39, 0.29) is 0 Å². The van der Waals surface area contributed by atoms with Crippen LogP contribution in [-0.2, 0) is 16.4 Å². The molecule has 0 unspecified atom stereocenters. The number of hydrogen-bond acceptors (Lipinski definition) is 4. The third-order valence-electron chi connectivity index (χ3n) is 3.67. The Bertz CT molecular complexity index is 718. The van der Waals surface area contributed by atoms with Crippen LogP contribution in [0.1, 0.15) is 12.0 Å². The first-order valence-corrected chi connectivity index (χ1v) is 8.81. The lowest BCUT2D eigenvalue weighted by Gasteiger charge is -2.17. The summed E-state index contributed by atoms with van der Waals surface area (Å²) >= 11 is 0. The summed E-state index contributed by atoms with van der Waals surface area (Å²) in [6.45, 7) is 0.418. The van der Waals surface area contributed by atoms with Gasteiger partial charge in [-0.25, -0.2) is 12.7 Å². The van der Waals surface area contributed by atoms with Gasteiger partial charge in [-0.15, -0.1) is 0 Å². The molecule has 0 aliphatic carbocycles. The Morgan fingerprint density at radius 2 is 1.61 bits per heavy atom. The largest absolute Gasteiger partial charge is 0.488 e. The Balaban J connectivity index is 1.91. The Morgan fingerprint density at radius 3 is 2.17 bits per heavy atom. The van der Waals surface area contributed by atoms with E-state index in [2.05, 4.69) is 0 Å². The third-order valence-corrected chi connectivity index (χ3v) is 5.54. The zero-order valence-electron chi connectivity index (χ0n) is 13.0. The topological polar surface area (TPSA) is 77.8 Å². The average Bonchev–Trinajstić information content (AvgIpc) is 2.56. The summed E-state index contributed by atoms with van der Waals surface area (Å²) in [5, 5.41) is 18.1. The van der Waals surface area contributed by atoms with Crippen molar-refractivity contribution in [1.29, 1.82) is 0 Å². The molecule has 0 aromatic heterocycles. The molecule has 122 valence electrons. The Labute approximate surface area is 137 Å². The van der Waals surface area contributed by atoms with Gasteiger partial charge < -0.3 is 10.0 Å². The highest BCUT2D eigenvalue weighted by Crippen LogP contribution is 2.14. The molecule has 2 rings (SSSR count). The first-order chi connectivity index (χ1) is 10.9. The summed E-state index contributed by atoms with van der Waals surface area (Å²) in [5.74, 6) is 0. The van der Waals surface area contributed by atoms with E-state index in [1.807, 2.05) is 12.1 Å². The molecule has 23 heavy (non-hydrogen) atoms. The zero-order chi connectivity index (χ0) is 16.9. The Morgan fingerprint density at radius 1 is 1.00 bits per heavy atom. The molecular weight excluding hydrogens is 313 g/mol. The van der Waals surface area contributed by atoms with Gasteiger partial charge in [-0.05, 0) is 36.0 Å². The molecule has 5 nitrogen and oxygen atoms in total. The van der Waals surface area contributed by atoms with Crippen LogP contribution < -0.4 is 5.46 Å². The number of sulfonamides is 1. The lowest BCUT2D eigenvalue weighted by molar-refractivity contribution is 0.425. The van der Waals surface area contributed by atoms with Crippen LogP contribution in [0.25, 0.3) is 0 Å². The molecule has 2 aromatic rings. The molecule has 2 N–H and O–H groups in total. The molecule has 0 amide bonds. The maximum Gasteiger partial charge on any atom is 0.488 e. The number of rotatable bonds is 7. The van der Waals surface area contributed by atoms with Gasteiger partial charge in [-0.2, -0.15) is 0 Å². The van der Waals surface area contributed by atoms with Gasteiger partial charge in [0.15, 0.2) is 0 Å². The molecule has 0 bridgehead atoms. The van der Waals surface area contributed by atoms with Gasteiger partial charge in [-0.1, -0.05) is 42.5 Å². The summed E-state index contributed by atoms with van der Waals surface area (Å²) in [6.07, 6.45) is 1.40. The minimum absolute atomic E-state index is 0.295. The van der Waals surface area contributed by atoms with E-state index in [9.17, 15) is 8.42 Å². The maximum atomic E-state index is 12.4. The Hall–Kier alpha value is -1.67. The van der Waals surface area contributed by atoms with E-state index in [0.29, 0.717) is 23.3 Å². The van der Waals surface area contributed by atoms with Gasteiger partial charge in [0, 0.05) is 13.6 Å². The smallest absolute Gasteiger partial charge is 0.423 e. The maximum absolute atomic E-state index is 12.4. The SMILES string of the molecule is CN(CCCc1ccc(B(O)O)cc1)S(=O)(=O)c1ccccc1. The van der Waals surface area contributed by atoms with Gasteiger partial charge >= 0.3 is 7.12 Å². The predicted molar refractivity (Wildman–Crippen MR) is 90.8 cm³/mol. The molecule has 0 radical (unpaired) electrons. The summed E-state index contributed by atoms with van der Waals surface area (Å²) in [7, 11) is -3.33.